The summed E-state index contributed by atoms with van der Waals surface area (Å²) in [5, 5.41) is 8.18. The van der Waals surface area contributed by atoms with Gasteiger partial charge in [-0.1, -0.05) is 0 Å². The van der Waals surface area contributed by atoms with Crippen LogP contribution in [0.1, 0.15) is 10.4 Å². The van der Waals surface area contributed by atoms with Gasteiger partial charge < -0.3 is 15.1 Å². The van der Waals surface area contributed by atoms with Crippen molar-refractivity contribution in [1.29, 1.82) is 0 Å². The Morgan fingerprint density at radius 3 is 2.59 bits per heavy atom. The number of piperazine rings is 1. The van der Waals surface area contributed by atoms with Gasteiger partial charge in [-0.3, -0.25) is 9.48 Å². The van der Waals surface area contributed by atoms with Gasteiger partial charge in [-0.2, -0.15) is 5.10 Å². The molecule has 0 aromatic carbocycles. The molecule has 0 saturated carbocycles. The molecule has 4 aromatic heterocycles. The van der Waals surface area contributed by atoms with Crippen molar-refractivity contribution in [3.8, 4) is 11.4 Å². The molecule has 9 nitrogen and oxygen atoms in total. The highest BCUT2D eigenvalue weighted by atomic mass is 16.1. The molecule has 9 heteroatoms. The van der Waals surface area contributed by atoms with Gasteiger partial charge in [0.15, 0.2) is 0 Å². The van der Waals surface area contributed by atoms with Crippen molar-refractivity contribution < 1.29 is 4.79 Å². The minimum atomic E-state index is -0.226. The Hall–Kier alpha value is -3.85. The van der Waals surface area contributed by atoms with E-state index in [1.807, 2.05) is 37.5 Å². The summed E-state index contributed by atoms with van der Waals surface area (Å²) in [5.41, 5.74) is 2.86. The number of carbonyl (C=O) groups excluding carboxylic acids is 1. The summed E-state index contributed by atoms with van der Waals surface area (Å²) in [4.78, 5) is 30.9. The molecule has 0 spiro atoms. The fourth-order valence-corrected chi connectivity index (χ4v) is 3.74. The van der Waals surface area contributed by atoms with Crippen molar-refractivity contribution in [2.45, 2.75) is 0 Å². The molecule has 0 aliphatic carbocycles. The van der Waals surface area contributed by atoms with E-state index in [-0.39, 0.29) is 5.91 Å². The minimum Gasteiger partial charge on any atom is -0.354 e. The van der Waals surface area contributed by atoms with Crippen LogP contribution in [0.4, 0.5) is 11.6 Å². The Bertz CT molecular complexity index is 1280. The summed E-state index contributed by atoms with van der Waals surface area (Å²) >= 11 is 0. The van der Waals surface area contributed by atoms with E-state index in [0.717, 1.165) is 54.3 Å². The summed E-state index contributed by atoms with van der Waals surface area (Å²) in [6.45, 7) is 3.75. The second-order valence-electron chi connectivity index (χ2n) is 7.98. The standard InChI is InChI=1S/C23H24N8O/c1-29-9-11-31(12-10-29)22-13-16(5-7-24-22)23(32)27-21-14-20-17(15-25-21)3-4-18(26-20)19-6-8-30(2)28-19/h3-8,13-15H,9-12H2,1-2H3,(H,25,27,32). The van der Waals surface area contributed by atoms with Crippen molar-refractivity contribution in [3.05, 3.63) is 60.6 Å². The quantitative estimate of drug-likeness (QED) is 0.534. The first kappa shape index (κ1) is 20.1. The van der Waals surface area contributed by atoms with Gasteiger partial charge in [0.2, 0.25) is 0 Å². The molecule has 0 bridgehead atoms. The third-order valence-corrected chi connectivity index (χ3v) is 5.63. The van der Waals surface area contributed by atoms with Crippen LogP contribution in [0.15, 0.2) is 55.0 Å². The van der Waals surface area contributed by atoms with E-state index in [4.69, 9.17) is 4.98 Å². The lowest BCUT2D eigenvalue weighted by atomic mass is 10.2. The van der Waals surface area contributed by atoms with Crippen LogP contribution in [-0.4, -0.2) is 68.8 Å². The summed E-state index contributed by atoms with van der Waals surface area (Å²) in [5.74, 6) is 1.04. The zero-order valence-corrected chi connectivity index (χ0v) is 18.1. The molecule has 1 fully saturated rings. The van der Waals surface area contributed by atoms with Crippen LogP contribution in [0.3, 0.4) is 0 Å². The third kappa shape index (κ3) is 4.15. The smallest absolute Gasteiger partial charge is 0.257 e. The molecule has 0 atom stereocenters. The number of rotatable bonds is 4. The van der Waals surface area contributed by atoms with Crippen LogP contribution >= 0.6 is 0 Å². The highest BCUT2D eigenvalue weighted by Gasteiger charge is 2.17. The van der Waals surface area contributed by atoms with Gasteiger partial charge in [0, 0.05) is 68.8 Å². The molecule has 0 unspecified atom stereocenters. The van der Waals surface area contributed by atoms with E-state index < -0.39 is 0 Å². The van der Waals surface area contributed by atoms with E-state index in [1.165, 1.54) is 0 Å². The number of amides is 1. The van der Waals surface area contributed by atoms with Crippen molar-refractivity contribution in [3.63, 3.8) is 0 Å². The van der Waals surface area contributed by atoms with Gasteiger partial charge in [-0.15, -0.1) is 0 Å². The largest absolute Gasteiger partial charge is 0.354 e. The summed E-state index contributed by atoms with van der Waals surface area (Å²) < 4.78 is 1.74. The second-order valence-corrected chi connectivity index (χ2v) is 7.98. The molecule has 1 N–H and O–H groups in total. The Morgan fingerprint density at radius 2 is 1.81 bits per heavy atom. The van der Waals surface area contributed by atoms with Crippen molar-refractivity contribution in [2.75, 3.05) is 43.4 Å². The van der Waals surface area contributed by atoms with Gasteiger partial charge in [0.05, 0.1) is 11.2 Å². The summed E-state index contributed by atoms with van der Waals surface area (Å²) in [7, 11) is 3.98. The van der Waals surface area contributed by atoms with Crippen molar-refractivity contribution >= 4 is 28.4 Å². The SMILES string of the molecule is CN1CCN(c2cc(C(=O)Nc3cc4nc(-c5ccn(C)n5)ccc4cn3)ccn2)CC1. The number of nitrogens with zero attached hydrogens (tertiary/aromatic N) is 7. The minimum absolute atomic E-state index is 0.226. The number of anilines is 2. The molecule has 1 aliphatic heterocycles. The number of pyridine rings is 3. The average Bonchev–Trinajstić information content (AvgIpc) is 3.25. The highest BCUT2D eigenvalue weighted by molar-refractivity contribution is 6.04. The predicted molar refractivity (Wildman–Crippen MR) is 124 cm³/mol. The fourth-order valence-electron chi connectivity index (χ4n) is 3.74. The molecule has 162 valence electrons. The number of aromatic nitrogens is 5. The first-order valence-electron chi connectivity index (χ1n) is 10.5. The van der Waals surface area contributed by atoms with E-state index in [0.29, 0.717) is 11.4 Å². The Balaban J connectivity index is 1.36. The zero-order valence-electron chi connectivity index (χ0n) is 18.1. The average molecular weight is 429 g/mol. The third-order valence-electron chi connectivity index (χ3n) is 5.63. The monoisotopic (exact) mass is 428 g/mol. The topological polar surface area (TPSA) is 92.1 Å². The van der Waals surface area contributed by atoms with Gasteiger partial charge in [0.1, 0.15) is 17.3 Å². The normalized spacial score (nSPS) is 14.6. The summed E-state index contributed by atoms with van der Waals surface area (Å²) in [6, 6.07) is 11.1. The molecule has 1 saturated heterocycles. The number of nitrogens with one attached hydrogen (secondary N) is 1. The van der Waals surface area contributed by atoms with Crippen LogP contribution in [0.25, 0.3) is 22.3 Å². The second kappa shape index (κ2) is 8.35. The van der Waals surface area contributed by atoms with E-state index >= 15 is 0 Å². The molecule has 4 aromatic rings. The van der Waals surface area contributed by atoms with Crippen molar-refractivity contribution in [2.24, 2.45) is 7.05 Å². The molecule has 5 rings (SSSR count). The van der Waals surface area contributed by atoms with Crippen LogP contribution in [0.2, 0.25) is 0 Å². The maximum atomic E-state index is 12.9. The number of hydrogen-bond acceptors (Lipinski definition) is 7. The maximum absolute atomic E-state index is 12.9. The van der Waals surface area contributed by atoms with E-state index in [9.17, 15) is 4.79 Å². The summed E-state index contributed by atoms with van der Waals surface area (Å²) in [6.07, 6.45) is 5.27. The van der Waals surface area contributed by atoms with Crippen LogP contribution in [0.5, 0.6) is 0 Å². The van der Waals surface area contributed by atoms with Crippen molar-refractivity contribution in [1.82, 2.24) is 29.6 Å². The fraction of sp³-hybridized carbons (Fsp3) is 0.261. The number of hydrogen-bond donors (Lipinski definition) is 1. The van der Waals surface area contributed by atoms with Crippen LogP contribution in [0, 0.1) is 0 Å². The lowest BCUT2D eigenvalue weighted by Crippen LogP contribution is -2.44. The Kier molecular flexibility index (Phi) is 5.24. The Labute approximate surface area is 185 Å². The first-order chi connectivity index (χ1) is 15.5. The van der Waals surface area contributed by atoms with Crippen LogP contribution < -0.4 is 10.2 Å². The number of carbonyl (C=O) groups is 1. The molecule has 1 aliphatic rings. The first-order valence-corrected chi connectivity index (χ1v) is 10.5. The predicted octanol–water partition coefficient (Wildman–Crippen LogP) is 2.43. The molecular formula is C23H24N8O. The molecule has 5 heterocycles. The van der Waals surface area contributed by atoms with E-state index in [2.05, 4.69) is 37.2 Å². The lowest BCUT2D eigenvalue weighted by Gasteiger charge is -2.33. The molecule has 32 heavy (non-hydrogen) atoms. The van der Waals surface area contributed by atoms with Gasteiger partial charge in [-0.05, 0) is 37.4 Å². The highest BCUT2D eigenvalue weighted by Crippen LogP contribution is 2.21. The molecular weight excluding hydrogens is 404 g/mol. The van der Waals surface area contributed by atoms with E-state index in [1.54, 1.807) is 29.2 Å². The Morgan fingerprint density at radius 1 is 0.969 bits per heavy atom. The zero-order chi connectivity index (χ0) is 22.1. The molecule has 1 amide bonds. The maximum Gasteiger partial charge on any atom is 0.257 e. The van der Waals surface area contributed by atoms with Gasteiger partial charge >= 0.3 is 0 Å². The number of likely N-dealkylation sites (N-methyl/N-ethyl adjacent to an activating group) is 1. The lowest BCUT2D eigenvalue weighted by molar-refractivity contribution is 0.102. The number of fused-ring (bicyclic) bond motifs is 1. The van der Waals surface area contributed by atoms with Crippen LogP contribution in [-0.2, 0) is 7.05 Å². The van der Waals surface area contributed by atoms with Gasteiger partial charge in [-0.25, -0.2) is 15.0 Å². The number of aryl methyl sites for hydroxylation is 1. The van der Waals surface area contributed by atoms with Gasteiger partial charge in [0.25, 0.3) is 5.91 Å². The molecule has 0 radical (unpaired) electrons.